The van der Waals surface area contributed by atoms with E-state index >= 15 is 0 Å². The van der Waals surface area contributed by atoms with Crippen LogP contribution in [0.5, 0.6) is 0 Å². The van der Waals surface area contributed by atoms with Crippen molar-refractivity contribution in [2.24, 2.45) is 11.8 Å². The molecule has 0 bridgehead atoms. The molecule has 4 atom stereocenters. The van der Waals surface area contributed by atoms with E-state index in [1.54, 1.807) is 16.7 Å². The Balaban J connectivity index is 2.80. The molecule has 1 unspecified atom stereocenters. The van der Waals surface area contributed by atoms with E-state index in [2.05, 4.69) is 68.4 Å². The molecule has 0 fully saturated rings. The molecule has 23 heavy (non-hydrogen) atoms. The van der Waals surface area contributed by atoms with Gasteiger partial charge in [-0.1, -0.05) is 47.6 Å². The Labute approximate surface area is 143 Å². The summed E-state index contributed by atoms with van der Waals surface area (Å²) in [5.41, 5.74) is 7.71. The van der Waals surface area contributed by atoms with Crippen LogP contribution in [-0.2, 0) is 4.74 Å². The maximum atomic E-state index is 6.30. The molecule has 2 rings (SSSR count). The Bertz CT molecular complexity index is 556. The lowest BCUT2D eigenvalue weighted by Gasteiger charge is -2.39. The van der Waals surface area contributed by atoms with E-state index in [0.29, 0.717) is 35.7 Å². The van der Waals surface area contributed by atoms with E-state index < -0.39 is 0 Å². The van der Waals surface area contributed by atoms with E-state index in [-0.39, 0.29) is 0 Å². The van der Waals surface area contributed by atoms with Crippen molar-refractivity contribution >= 4 is 0 Å². The van der Waals surface area contributed by atoms with Crippen molar-refractivity contribution in [3.8, 4) is 0 Å². The zero-order valence-electron chi connectivity index (χ0n) is 16.7. The Morgan fingerprint density at radius 2 is 1.61 bits per heavy atom. The molecule has 0 aliphatic carbocycles. The number of ether oxygens (including phenoxy) is 1. The zero-order valence-corrected chi connectivity index (χ0v) is 16.7. The molecule has 0 spiro atoms. The topological polar surface area (TPSA) is 9.23 Å². The monoisotopic (exact) mass is 316 g/mol. The molecule has 1 aromatic carbocycles. The van der Waals surface area contributed by atoms with Crippen molar-refractivity contribution in [1.29, 1.82) is 0 Å². The van der Waals surface area contributed by atoms with Gasteiger partial charge in [-0.2, -0.15) is 0 Å². The lowest BCUT2D eigenvalue weighted by atomic mass is 9.71. The number of hydrogen-bond donors (Lipinski definition) is 0. The average Bonchev–Trinajstić information content (AvgIpc) is 2.47. The van der Waals surface area contributed by atoms with E-state index in [0.717, 1.165) is 6.61 Å². The zero-order chi connectivity index (χ0) is 17.5. The average molecular weight is 317 g/mol. The predicted octanol–water partition coefficient (Wildman–Crippen LogP) is 6.32. The first-order chi connectivity index (χ1) is 10.7. The molecule has 0 radical (unpaired) electrons. The van der Waals surface area contributed by atoms with Crippen LogP contribution < -0.4 is 0 Å². The second kappa shape index (κ2) is 6.97. The van der Waals surface area contributed by atoms with E-state index in [1.165, 1.54) is 11.1 Å². The normalized spacial score (nSPS) is 28.7. The highest BCUT2D eigenvalue weighted by Crippen LogP contribution is 2.44. The van der Waals surface area contributed by atoms with Crippen molar-refractivity contribution < 1.29 is 4.74 Å². The van der Waals surface area contributed by atoms with Gasteiger partial charge in [-0.05, 0) is 72.3 Å². The van der Waals surface area contributed by atoms with Gasteiger partial charge in [-0.15, -0.1) is 0 Å². The maximum Gasteiger partial charge on any atom is 0.0578 e. The van der Waals surface area contributed by atoms with Crippen LogP contribution in [0.25, 0.3) is 0 Å². The minimum Gasteiger partial charge on any atom is -0.378 e. The first-order valence-electron chi connectivity index (χ1n) is 9.42. The minimum atomic E-state index is 0.321. The van der Waals surface area contributed by atoms with Crippen LogP contribution in [0.2, 0.25) is 0 Å². The Kier molecular flexibility index (Phi) is 5.61. The third kappa shape index (κ3) is 3.36. The summed E-state index contributed by atoms with van der Waals surface area (Å²) in [6.07, 6.45) is 0.321. The first-order valence-corrected chi connectivity index (χ1v) is 9.42. The first kappa shape index (κ1) is 18.5. The van der Waals surface area contributed by atoms with Crippen LogP contribution in [0.1, 0.15) is 94.0 Å². The summed E-state index contributed by atoms with van der Waals surface area (Å²) in [7, 11) is 0. The van der Waals surface area contributed by atoms with Crippen LogP contribution in [-0.4, -0.2) is 12.7 Å². The standard InChI is InChI=1S/C22H36O/c1-12(2)19-10-14(5)15(6)21-17(8)16(7)18(9)23-11-20(13(3)4)22(19)21/h10,12-13,16-18,20H,11H2,1-9H3/t16-,17+,18-,20?/m0/s1. The van der Waals surface area contributed by atoms with Gasteiger partial charge in [-0.3, -0.25) is 0 Å². The Hall–Kier alpha value is -0.820. The summed E-state index contributed by atoms with van der Waals surface area (Å²) < 4.78 is 6.30. The molecule has 130 valence electrons. The van der Waals surface area contributed by atoms with Gasteiger partial charge in [0.25, 0.3) is 0 Å². The molecule has 1 heterocycles. The van der Waals surface area contributed by atoms with Crippen molar-refractivity contribution in [2.75, 3.05) is 6.61 Å². The summed E-state index contributed by atoms with van der Waals surface area (Å²) in [4.78, 5) is 0. The summed E-state index contributed by atoms with van der Waals surface area (Å²) in [6.45, 7) is 21.8. The molecule has 0 aromatic heterocycles. The van der Waals surface area contributed by atoms with Gasteiger partial charge in [0.1, 0.15) is 0 Å². The quantitative estimate of drug-likeness (QED) is 0.620. The molecule has 1 heteroatoms. The highest BCUT2D eigenvalue weighted by Gasteiger charge is 2.34. The highest BCUT2D eigenvalue weighted by atomic mass is 16.5. The van der Waals surface area contributed by atoms with Gasteiger partial charge in [0.05, 0.1) is 12.7 Å². The smallest absolute Gasteiger partial charge is 0.0578 e. The third-order valence-corrected chi connectivity index (χ3v) is 6.29. The van der Waals surface area contributed by atoms with Gasteiger partial charge in [0, 0.05) is 5.92 Å². The number of fused-ring (bicyclic) bond motifs is 1. The summed E-state index contributed by atoms with van der Waals surface area (Å²) >= 11 is 0. The fraction of sp³-hybridized carbons (Fsp3) is 0.727. The molecule has 0 saturated carbocycles. The number of rotatable bonds is 2. The van der Waals surface area contributed by atoms with E-state index in [1.807, 2.05) is 0 Å². The predicted molar refractivity (Wildman–Crippen MR) is 101 cm³/mol. The van der Waals surface area contributed by atoms with Crippen LogP contribution in [0.4, 0.5) is 0 Å². The molecule has 1 aliphatic rings. The second-order valence-corrected chi connectivity index (χ2v) is 8.43. The molecule has 0 amide bonds. The highest BCUT2D eigenvalue weighted by molar-refractivity contribution is 5.50. The van der Waals surface area contributed by atoms with Crippen LogP contribution in [0.15, 0.2) is 6.07 Å². The van der Waals surface area contributed by atoms with Gasteiger partial charge < -0.3 is 4.74 Å². The molecular weight excluding hydrogens is 280 g/mol. The molecule has 1 aromatic rings. The van der Waals surface area contributed by atoms with E-state index in [4.69, 9.17) is 4.74 Å². The Morgan fingerprint density at radius 1 is 1.00 bits per heavy atom. The van der Waals surface area contributed by atoms with Gasteiger partial charge in [0.15, 0.2) is 0 Å². The fourth-order valence-electron chi connectivity index (χ4n) is 4.15. The van der Waals surface area contributed by atoms with Crippen LogP contribution >= 0.6 is 0 Å². The fourth-order valence-corrected chi connectivity index (χ4v) is 4.15. The van der Waals surface area contributed by atoms with Crippen LogP contribution in [0, 0.1) is 25.7 Å². The number of aryl methyl sites for hydroxylation is 1. The SMILES string of the molecule is Cc1cc(C(C)C)c2c(c1C)[C@H](C)[C@H](C)[C@H](C)OCC2C(C)C. The molecule has 1 aliphatic heterocycles. The van der Waals surface area contributed by atoms with Crippen molar-refractivity contribution in [1.82, 2.24) is 0 Å². The van der Waals surface area contributed by atoms with Gasteiger partial charge in [-0.25, -0.2) is 0 Å². The van der Waals surface area contributed by atoms with Crippen molar-refractivity contribution in [3.05, 3.63) is 33.9 Å². The largest absolute Gasteiger partial charge is 0.378 e. The second-order valence-electron chi connectivity index (χ2n) is 8.43. The summed E-state index contributed by atoms with van der Waals surface area (Å²) in [5, 5.41) is 0. The van der Waals surface area contributed by atoms with Crippen molar-refractivity contribution in [2.45, 2.75) is 86.2 Å². The minimum absolute atomic E-state index is 0.321. The lowest BCUT2D eigenvalue weighted by Crippen LogP contribution is -2.32. The number of benzene rings is 1. The molecule has 1 nitrogen and oxygen atoms in total. The molecule has 0 saturated heterocycles. The summed E-state index contributed by atoms with van der Waals surface area (Å²) in [6, 6.07) is 2.44. The lowest BCUT2D eigenvalue weighted by molar-refractivity contribution is 0.00410. The molecule has 0 N–H and O–H groups in total. The van der Waals surface area contributed by atoms with Crippen molar-refractivity contribution in [3.63, 3.8) is 0 Å². The van der Waals surface area contributed by atoms with Crippen LogP contribution in [0.3, 0.4) is 0 Å². The van der Waals surface area contributed by atoms with Gasteiger partial charge >= 0.3 is 0 Å². The molecular formula is C22H36O. The number of hydrogen-bond acceptors (Lipinski definition) is 1. The van der Waals surface area contributed by atoms with E-state index in [9.17, 15) is 0 Å². The maximum absolute atomic E-state index is 6.30. The van der Waals surface area contributed by atoms with Gasteiger partial charge in [0.2, 0.25) is 0 Å². The Morgan fingerprint density at radius 3 is 2.13 bits per heavy atom. The summed E-state index contributed by atoms with van der Waals surface area (Å²) in [5.74, 6) is 2.74. The third-order valence-electron chi connectivity index (χ3n) is 6.29.